The van der Waals surface area contributed by atoms with E-state index in [4.69, 9.17) is 4.98 Å². The Kier molecular flexibility index (Phi) is 4.82. The summed E-state index contributed by atoms with van der Waals surface area (Å²) in [6, 6.07) is 4.71. The molecule has 1 unspecified atom stereocenters. The normalized spacial score (nSPS) is 20.2. The minimum Gasteiger partial charge on any atom is -0.349 e. The highest BCUT2D eigenvalue weighted by Gasteiger charge is 2.38. The summed E-state index contributed by atoms with van der Waals surface area (Å²) in [5.74, 6) is 2.42. The number of aromatic nitrogens is 5. The van der Waals surface area contributed by atoms with Gasteiger partial charge in [0, 0.05) is 12.1 Å². The molecule has 32 heavy (non-hydrogen) atoms. The standard InChI is InChI=1S/C22H26N8OS/c1-2-15-20-28-24-12-29(20)16-11-23-22(27-19(16)30(15)14-5-3-4-6-14)26-18-10-9-17(32-18)21(31)25-13-7-8-13/h9-15H,2-8H2,1H3,(H,25,31)(H,23,26,27). The minimum atomic E-state index is -0.00440. The fraction of sp³-hybridized carbons (Fsp3) is 0.500. The molecule has 0 bridgehead atoms. The van der Waals surface area contributed by atoms with Crippen LogP contribution in [0.3, 0.4) is 0 Å². The summed E-state index contributed by atoms with van der Waals surface area (Å²) in [4.78, 5) is 25.0. The van der Waals surface area contributed by atoms with Crippen molar-refractivity contribution in [1.82, 2.24) is 30.0 Å². The van der Waals surface area contributed by atoms with Crippen molar-refractivity contribution in [2.45, 2.75) is 70.0 Å². The van der Waals surface area contributed by atoms with Crippen LogP contribution in [0.2, 0.25) is 0 Å². The van der Waals surface area contributed by atoms with E-state index in [0.29, 0.717) is 22.9 Å². The molecule has 0 spiro atoms. The summed E-state index contributed by atoms with van der Waals surface area (Å²) in [5, 5.41) is 15.8. The van der Waals surface area contributed by atoms with Gasteiger partial charge in [-0.25, -0.2) is 4.98 Å². The van der Waals surface area contributed by atoms with E-state index in [1.165, 1.54) is 37.0 Å². The summed E-state index contributed by atoms with van der Waals surface area (Å²) in [6.45, 7) is 2.19. The highest BCUT2D eigenvalue weighted by atomic mass is 32.1. The molecule has 3 aromatic heterocycles. The van der Waals surface area contributed by atoms with E-state index < -0.39 is 0 Å². The van der Waals surface area contributed by atoms with Crippen molar-refractivity contribution in [1.29, 1.82) is 0 Å². The fourth-order valence-electron chi connectivity index (χ4n) is 4.83. The van der Waals surface area contributed by atoms with Crippen LogP contribution in [0, 0.1) is 0 Å². The van der Waals surface area contributed by atoms with E-state index in [1.54, 1.807) is 6.33 Å². The van der Waals surface area contributed by atoms with Gasteiger partial charge in [0.15, 0.2) is 11.6 Å². The van der Waals surface area contributed by atoms with E-state index >= 15 is 0 Å². The van der Waals surface area contributed by atoms with Gasteiger partial charge in [-0.1, -0.05) is 19.8 Å². The largest absolute Gasteiger partial charge is 0.349 e. The molecule has 0 saturated heterocycles. The molecule has 0 radical (unpaired) electrons. The number of anilines is 3. The molecule has 2 N–H and O–H groups in total. The molecule has 166 valence electrons. The third-order valence-corrected chi connectivity index (χ3v) is 7.54. The van der Waals surface area contributed by atoms with Crippen LogP contribution in [0.15, 0.2) is 24.7 Å². The summed E-state index contributed by atoms with van der Waals surface area (Å²) < 4.78 is 2.02. The van der Waals surface area contributed by atoms with Gasteiger partial charge in [-0.15, -0.1) is 21.5 Å². The van der Waals surface area contributed by atoms with Gasteiger partial charge in [0.05, 0.1) is 22.1 Å². The van der Waals surface area contributed by atoms with E-state index in [2.05, 4.69) is 37.6 Å². The van der Waals surface area contributed by atoms with Crippen molar-refractivity contribution in [3.8, 4) is 5.69 Å². The lowest BCUT2D eigenvalue weighted by atomic mass is 10.0. The maximum atomic E-state index is 12.3. The Labute approximate surface area is 190 Å². The smallest absolute Gasteiger partial charge is 0.261 e. The van der Waals surface area contributed by atoms with Crippen LogP contribution in [-0.2, 0) is 0 Å². The van der Waals surface area contributed by atoms with Gasteiger partial charge in [-0.2, -0.15) is 4.98 Å². The van der Waals surface area contributed by atoms with Gasteiger partial charge in [0.1, 0.15) is 12.0 Å². The predicted molar refractivity (Wildman–Crippen MR) is 123 cm³/mol. The number of nitrogens with one attached hydrogen (secondary N) is 2. The van der Waals surface area contributed by atoms with Gasteiger partial charge in [-0.05, 0) is 44.2 Å². The maximum Gasteiger partial charge on any atom is 0.261 e. The van der Waals surface area contributed by atoms with E-state index in [-0.39, 0.29) is 11.9 Å². The number of carbonyl (C=O) groups is 1. The average molecular weight is 451 g/mol. The summed E-state index contributed by atoms with van der Waals surface area (Å²) in [7, 11) is 0. The monoisotopic (exact) mass is 450 g/mol. The summed E-state index contributed by atoms with van der Waals surface area (Å²) >= 11 is 1.42. The minimum absolute atomic E-state index is 0.00440. The van der Waals surface area contributed by atoms with Crippen LogP contribution in [0.5, 0.6) is 0 Å². The number of hydrogen-bond donors (Lipinski definition) is 2. The Morgan fingerprint density at radius 2 is 2.06 bits per heavy atom. The number of carbonyl (C=O) groups excluding carboxylic acids is 1. The van der Waals surface area contributed by atoms with E-state index in [1.807, 2.05) is 22.9 Å². The molecule has 2 saturated carbocycles. The number of hydrogen-bond acceptors (Lipinski definition) is 8. The van der Waals surface area contributed by atoms with Crippen LogP contribution < -0.4 is 15.5 Å². The molecule has 2 aliphatic carbocycles. The van der Waals surface area contributed by atoms with Gasteiger partial charge in [0.2, 0.25) is 5.95 Å². The van der Waals surface area contributed by atoms with Crippen LogP contribution in [0.25, 0.3) is 5.69 Å². The lowest BCUT2D eigenvalue weighted by Crippen LogP contribution is -2.42. The zero-order valence-electron chi connectivity index (χ0n) is 18.0. The Morgan fingerprint density at radius 3 is 2.84 bits per heavy atom. The van der Waals surface area contributed by atoms with Gasteiger partial charge < -0.3 is 15.5 Å². The number of fused-ring (bicyclic) bond motifs is 3. The Bertz CT molecular complexity index is 1150. The maximum absolute atomic E-state index is 12.3. The van der Waals surface area contributed by atoms with Gasteiger partial charge in [0.25, 0.3) is 5.91 Å². The SMILES string of the molecule is CCC1c2nncn2-c2cnc(Nc3ccc(C(=O)NC4CC4)s3)nc2N1C1CCCC1. The zero-order chi connectivity index (χ0) is 21.7. The molecule has 1 atom stereocenters. The molecule has 10 heteroatoms. The number of amides is 1. The molecular formula is C22H26N8OS. The quantitative estimate of drug-likeness (QED) is 0.586. The molecule has 4 heterocycles. The van der Waals surface area contributed by atoms with Crippen LogP contribution in [0.1, 0.15) is 73.4 Å². The van der Waals surface area contributed by atoms with Crippen molar-refractivity contribution in [3.05, 3.63) is 35.4 Å². The second-order valence-corrected chi connectivity index (χ2v) is 9.85. The summed E-state index contributed by atoms with van der Waals surface area (Å²) in [5.41, 5.74) is 0.919. The third-order valence-electron chi connectivity index (χ3n) is 6.54. The van der Waals surface area contributed by atoms with Crippen LogP contribution >= 0.6 is 11.3 Å². The topological polar surface area (TPSA) is 101 Å². The second-order valence-electron chi connectivity index (χ2n) is 8.77. The van der Waals surface area contributed by atoms with Crippen molar-refractivity contribution >= 4 is 34.0 Å². The van der Waals surface area contributed by atoms with Crippen molar-refractivity contribution in [3.63, 3.8) is 0 Å². The van der Waals surface area contributed by atoms with Crippen molar-refractivity contribution in [2.24, 2.45) is 0 Å². The fourth-order valence-corrected chi connectivity index (χ4v) is 5.63. The highest BCUT2D eigenvalue weighted by Crippen LogP contribution is 2.42. The molecule has 2 fully saturated rings. The Morgan fingerprint density at radius 1 is 1.22 bits per heavy atom. The molecule has 3 aromatic rings. The van der Waals surface area contributed by atoms with E-state index in [9.17, 15) is 4.79 Å². The summed E-state index contributed by atoms with van der Waals surface area (Å²) in [6.07, 6.45) is 11.5. The number of thiophene rings is 1. The lowest BCUT2D eigenvalue weighted by Gasteiger charge is -2.40. The second kappa shape index (κ2) is 7.84. The molecular weight excluding hydrogens is 424 g/mol. The Hall–Kier alpha value is -3.01. The molecule has 9 nitrogen and oxygen atoms in total. The first-order valence-corrected chi connectivity index (χ1v) is 12.3. The molecule has 3 aliphatic rings. The van der Waals surface area contributed by atoms with Crippen LogP contribution in [0.4, 0.5) is 16.8 Å². The van der Waals surface area contributed by atoms with Gasteiger partial charge >= 0.3 is 0 Å². The number of rotatable bonds is 6. The van der Waals surface area contributed by atoms with E-state index in [0.717, 1.165) is 41.6 Å². The first-order chi connectivity index (χ1) is 15.7. The molecule has 1 amide bonds. The van der Waals surface area contributed by atoms with Crippen molar-refractivity contribution in [2.75, 3.05) is 10.2 Å². The predicted octanol–water partition coefficient (Wildman–Crippen LogP) is 3.97. The molecule has 0 aromatic carbocycles. The van der Waals surface area contributed by atoms with Crippen molar-refractivity contribution < 1.29 is 4.79 Å². The van der Waals surface area contributed by atoms with Gasteiger partial charge in [-0.3, -0.25) is 9.36 Å². The zero-order valence-corrected chi connectivity index (χ0v) is 18.8. The first kappa shape index (κ1) is 19.7. The first-order valence-electron chi connectivity index (χ1n) is 11.4. The highest BCUT2D eigenvalue weighted by molar-refractivity contribution is 7.18. The molecule has 1 aliphatic heterocycles. The van der Waals surface area contributed by atoms with Crippen LogP contribution in [-0.4, -0.2) is 42.7 Å². The number of nitrogens with zero attached hydrogens (tertiary/aromatic N) is 6. The molecule has 6 rings (SSSR count). The average Bonchev–Trinajstić information content (AvgIpc) is 3.23. The lowest BCUT2D eigenvalue weighted by molar-refractivity contribution is 0.0955. The Balaban J connectivity index is 1.32. The third kappa shape index (κ3) is 3.42.